The number of nitrogens with one attached hydrogen (secondary N) is 3. The number of nitrogens with two attached hydrogens (primary N) is 3. The van der Waals surface area contributed by atoms with Crippen LogP contribution in [0.25, 0.3) is 0 Å². The van der Waals surface area contributed by atoms with Crippen molar-refractivity contribution < 1.29 is 9.59 Å². The van der Waals surface area contributed by atoms with E-state index in [-0.39, 0.29) is 30.2 Å². The lowest BCUT2D eigenvalue weighted by atomic mass is 10.2. The van der Waals surface area contributed by atoms with Crippen LogP contribution in [0.5, 0.6) is 0 Å². The first-order valence-electron chi connectivity index (χ1n) is 9.97. The van der Waals surface area contributed by atoms with Crippen LogP contribution in [0.1, 0.15) is 58.3 Å². The predicted octanol–water partition coefficient (Wildman–Crippen LogP) is -0.450. The van der Waals surface area contributed by atoms with Crippen LogP contribution in [-0.4, -0.2) is 56.5 Å². The Kier molecular flexibility index (Phi) is 16.3. The molecule has 0 aliphatic heterocycles. The molecule has 0 aromatic heterocycles. The highest BCUT2D eigenvalue weighted by molar-refractivity contribution is 5.96. The minimum absolute atomic E-state index is 0.114. The highest BCUT2D eigenvalue weighted by atomic mass is 16.2. The molecule has 0 bridgehead atoms. The van der Waals surface area contributed by atoms with Gasteiger partial charge in [0, 0.05) is 25.7 Å². The van der Waals surface area contributed by atoms with E-state index in [1.165, 1.54) is 0 Å². The van der Waals surface area contributed by atoms with Gasteiger partial charge in [-0.2, -0.15) is 0 Å². The van der Waals surface area contributed by atoms with Crippen LogP contribution in [0, 0.1) is 0 Å². The number of aliphatic imine (C=N–C) groups is 1. The Morgan fingerprint density at radius 2 is 1.41 bits per heavy atom. The monoisotopic (exact) mass is 385 g/mol. The molecule has 27 heavy (non-hydrogen) atoms. The molecule has 0 aromatic carbocycles. The third-order valence-electron chi connectivity index (χ3n) is 3.90. The molecule has 9 nitrogen and oxygen atoms in total. The van der Waals surface area contributed by atoms with Crippen molar-refractivity contribution in [2.24, 2.45) is 22.2 Å². The highest BCUT2D eigenvalue weighted by Crippen LogP contribution is 1.99. The Bertz CT molecular complexity index is 424. The van der Waals surface area contributed by atoms with Crippen LogP contribution < -0.4 is 33.2 Å². The van der Waals surface area contributed by atoms with Gasteiger partial charge in [-0.3, -0.25) is 14.6 Å². The maximum Gasteiger partial charge on any atom is 0.229 e. The molecule has 0 rings (SSSR count). The summed E-state index contributed by atoms with van der Waals surface area (Å²) < 4.78 is 0. The summed E-state index contributed by atoms with van der Waals surface area (Å²) in [6.45, 7) is 5.64. The Labute approximate surface area is 163 Å². The number of carbonyl (C=O) groups excluding carboxylic acids is 2. The van der Waals surface area contributed by atoms with Crippen molar-refractivity contribution in [3.63, 3.8) is 0 Å². The summed E-state index contributed by atoms with van der Waals surface area (Å²) in [6, 6.07) is 0.221. The third-order valence-corrected chi connectivity index (χ3v) is 3.90. The van der Waals surface area contributed by atoms with Crippen molar-refractivity contribution in [3.8, 4) is 0 Å². The van der Waals surface area contributed by atoms with Gasteiger partial charge in [0.25, 0.3) is 0 Å². The Balaban J connectivity index is 3.41. The molecule has 9 N–H and O–H groups in total. The third kappa shape index (κ3) is 20.3. The number of carbonyl (C=O) groups is 2. The molecule has 0 heterocycles. The van der Waals surface area contributed by atoms with E-state index in [2.05, 4.69) is 20.9 Å². The zero-order valence-electron chi connectivity index (χ0n) is 16.8. The number of nitrogens with zero attached hydrogens (tertiary/aromatic N) is 1. The number of hydrogen-bond acceptors (Lipinski definition) is 5. The van der Waals surface area contributed by atoms with E-state index in [4.69, 9.17) is 17.2 Å². The van der Waals surface area contributed by atoms with Gasteiger partial charge in [0.15, 0.2) is 5.96 Å². The quantitative estimate of drug-likeness (QED) is 0.0860. The van der Waals surface area contributed by atoms with E-state index in [0.29, 0.717) is 19.6 Å². The number of amides is 2. The molecule has 0 aliphatic rings. The van der Waals surface area contributed by atoms with Gasteiger partial charge < -0.3 is 33.2 Å². The fraction of sp³-hybridized carbons (Fsp3) is 0.833. The van der Waals surface area contributed by atoms with Gasteiger partial charge in [-0.05, 0) is 52.1 Å². The molecule has 0 aliphatic carbocycles. The van der Waals surface area contributed by atoms with Gasteiger partial charge >= 0.3 is 0 Å². The number of hydrogen-bond donors (Lipinski definition) is 6. The minimum atomic E-state index is -0.231. The second-order valence-corrected chi connectivity index (χ2v) is 6.82. The fourth-order valence-electron chi connectivity index (χ4n) is 2.35. The van der Waals surface area contributed by atoms with E-state index in [1.807, 2.05) is 6.92 Å². The molecule has 0 spiro atoms. The van der Waals surface area contributed by atoms with E-state index in [9.17, 15) is 9.59 Å². The highest BCUT2D eigenvalue weighted by Gasteiger charge is 2.07. The molecule has 0 fully saturated rings. The molecule has 0 radical (unpaired) electrons. The molecular formula is C18H39N7O2. The summed E-state index contributed by atoms with van der Waals surface area (Å²) in [6.07, 6.45) is 6.52. The Morgan fingerprint density at radius 3 is 2.00 bits per heavy atom. The lowest BCUT2D eigenvalue weighted by molar-refractivity contribution is -0.129. The zero-order valence-corrected chi connectivity index (χ0v) is 16.8. The Morgan fingerprint density at radius 1 is 0.852 bits per heavy atom. The van der Waals surface area contributed by atoms with E-state index in [0.717, 1.165) is 58.0 Å². The van der Waals surface area contributed by atoms with E-state index in [1.54, 1.807) is 0 Å². The second kappa shape index (κ2) is 17.5. The number of guanidine groups is 1. The minimum Gasteiger partial charge on any atom is -0.370 e. The summed E-state index contributed by atoms with van der Waals surface area (Å²) in [7, 11) is 0. The van der Waals surface area contributed by atoms with Crippen molar-refractivity contribution in [1.29, 1.82) is 0 Å². The maximum absolute atomic E-state index is 11.7. The average molecular weight is 386 g/mol. The smallest absolute Gasteiger partial charge is 0.229 e. The molecular weight excluding hydrogens is 346 g/mol. The van der Waals surface area contributed by atoms with Crippen LogP contribution in [0.4, 0.5) is 0 Å². The lowest BCUT2D eigenvalue weighted by Gasteiger charge is -2.08. The summed E-state index contributed by atoms with van der Waals surface area (Å²) in [4.78, 5) is 27.3. The van der Waals surface area contributed by atoms with Crippen molar-refractivity contribution in [1.82, 2.24) is 16.0 Å². The first kappa shape index (κ1) is 25.1. The number of rotatable bonds is 17. The van der Waals surface area contributed by atoms with Crippen molar-refractivity contribution >= 4 is 17.8 Å². The topological polar surface area (TPSA) is 161 Å². The molecule has 2 amide bonds. The second-order valence-electron chi connectivity index (χ2n) is 6.82. The first-order valence-corrected chi connectivity index (χ1v) is 9.97. The van der Waals surface area contributed by atoms with Gasteiger partial charge in [-0.1, -0.05) is 12.8 Å². The maximum atomic E-state index is 11.7. The molecule has 0 saturated heterocycles. The van der Waals surface area contributed by atoms with Gasteiger partial charge in [0.1, 0.15) is 6.42 Å². The summed E-state index contributed by atoms with van der Waals surface area (Å²) in [5.74, 6) is -0.338. The van der Waals surface area contributed by atoms with Crippen molar-refractivity contribution in [2.75, 3.05) is 32.7 Å². The molecule has 0 saturated carbocycles. The van der Waals surface area contributed by atoms with Crippen molar-refractivity contribution in [2.45, 2.75) is 64.3 Å². The predicted molar refractivity (Wildman–Crippen MR) is 110 cm³/mol. The average Bonchev–Trinajstić information content (AvgIpc) is 2.59. The van der Waals surface area contributed by atoms with Gasteiger partial charge in [0.05, 0.1) is 0 Å². The molecule has 9 heteroatoms. The largest absolute Gasteiger partial charge is 0.370 e. The van der Waals surface area contributed by atoms with Crippen LogP contribution >= 0.6 is 0 Å². The van der Waals surface area contributed by atoms with Crippen LogP contribution in [0.15, 0.2) is 4.99 Å². The normalized spacial score (nSPS) is 11.6. The standard InChI is InChI=1S/C18H39N7O2/c1-15(19)8-13-22-9-6-7-11-24-17(27)14-16(26)23-10-4-2-3-5-12-25-18(20)21/h15,22H,2-14,19H2,1H3,(H,23,26)(H,24,27)(H4,20,21,25)/t15-/m0/s1. The SMILES string of the molecule is C[C@H](N)CCNCCCCNC(=O)CC(=O)NCCCCCCN=C(N)N. The number of unbranched alkanes of at least 4 members (excludes halogenated alkanes) is 4. The van der Waals surface area contributed by atoms with Gasteiger partial charge in [-0.15, -0.1) is 0 Å². The zero-order chi connectivity index (χ0) is 20.3. The molecule has 158 valence electrons. The molecule has 0 unspecified atom stereocenters. The van der Waals surface area contributed by atoms with E-state index >= 15 is 0 Å². The van der Waals surface area contributed by atoms with Crippen LogP contribution in [0.3, 0.4) is 0 Å². The summed E-state index contributed by atoms with van der Waals surface area (Å²) in [5.41, 5.74) is 16.1. The summed E-state index contributed by atoms with van der Waals surface area (Å²) in [5, 5.41) is 8.86. The van der Waals surface area contributed by atoms with Crippen LogP contribution in [-0.2, 0) is 9.59 Å². The van der Waals surface area contributed by atoms with Crippen molar-refractivity contribution in [3.05, 3.63) is 0 Å². The summed E-state index contributed by atoms with van der Waals surface area (Å²) >= 11 is 0. The lowest BCUT2D eigenvalue weighted by Crippen LogP contribution is -2.33. The van der Waals surface area contributed by atoms with Gasteiger partial charge in [-0.25, -0.2) is 0 Å². The molecule has 0 aromatic rings. The fourth-order valence-corrected chi connectivity index (χ4v) is 2.35. The first-order chi connectivity index (χ1) is 12.9. The van der Waals surface area contributed by atoms with Crippen LogP contribution in [0.2, 0.25) is 0 Å². The van der Waals surface area contributed by atoms with Gasteiger partial charge in [0.2, 0.25) is 11.8 Å². The molecule has 1 atom stereocenters. The van der Waals surface area contributed by atoms with E-state index < -0.39 is 0 Å². The Hall–Kier alpha value is -1.87.